The molecule has 98 valence electrons. The molecule has 0 atom stereocenters. The summed E-state index contributed by atoms with van der Waals surface area (Å²) in [4.78, 5) is 4.34. The van der Waals surface area contributed by atoms with Crippen LogP contribution in [-0.4, -0.2) is 29.9 Å². The van der Waals surface area contributed by atoms with E-state index in [0.29, 0.717) is 5.95 Å². The van der Waals surface area contributed by atoms with Crippen LogP contribution in [0.3, 0.4) is 0 Å². The zero-order valence-electron chi connectivity index (χ0n) is 10.8. The summed E-state index contributed by atoms with van der Waals surface area (Å²) in [7, 11) is 1.64. The molecule has 0 unspecified atom stereocenters. The fraction of sp³-hybridized carbons (Fsp3) is 0.462. The Morgan fingerprint density at radius 3 is 2.94 bits per heavy atom. The Bertz CT molecular complexity index is 522. The maximum absolute atomic E-state index is 5.93. The van der Waals surface area contributed by atoms with Crippen LogP contribution in [0.2, 0.25) is 0 Å². The molecular formula is C13H19N3O2. The van der Waals surface area contributed by atoms with Gasteiger partial charge >= 0.3 is 0 Å². The topological polar surface area (TPSA) is 62.3 Å². The van der Waals surface area contributed by atoms with Crippen molar-refractivity contribution in [2.45, 2.75) is 19.9 Å². The van der Waals surface area contributed by atoms with Crippen molar-refractivity contribution in [3.63, 3.8) is 0 Å². The fourth-order valence-corrected chi connectivity index (χ4v) is 1.96. The third-order valence-electron chi connectivity index (χ3n) is 2.86. The van der Waals surface area contributed by atoms with Crippen molar-refractivity contribution in [2.75, 3.05) is 26.1 Å². The van der Waals surface area contributed by atoms with E-state index < -0.39 is 0 Å². The monoisotopic (exact) mass is 249 g/mol. The molecule has 2 N–H and O–H groups in total. The summed E-state index contributed by atoms with van der Waals surface area (Å²) in [5, 5.41) is 0. The lowest BCUT2D eigenvalue weighted by Crippen LogP contribution is -2.06. The Hall–Kier alpha value is -1.75. The van der Waals surface area contributed by atoms with Gasteiger partial charge in [0.25, 0.3) is 0 Å². The lowest BCUT2D eigenvalue weighted by Gasteiger charge is -2.06. The first-order valence-corrected chi connectivity index (χ1v) is 6.13. The number of anilines is 1. The number of ether oxygens (including phenoxy) is 2. The number of rotatable bonds is 6. The number of hydrogen-bond donors (Lipinski definition) is 1. The van der Waals surface area contributed by atoms with Crippen LogP contribution in [0.4, 0.5) is 5.95 Å². The van der Waals surface area contributed by atoms with Crippen molar-refractivity contribution in [1.82, 2.24) is 9.55 Å². The van der Waals surface area contributed by atoms with Crippen molar-refractivity contribution in [3.8, 4) is 5.75 Å². The third-order valence-corrected chi connectivity index (χ3v) is 2.86. The molecule has 0 bridgehead atoms. The summed E-state index contributed by atoms with van der Waals surface area (Å²) in [5.74, 6) is 1.33. The molecule has 2 aromatic rings. The Morgan fingerprint density at radius 2 is 2.22 bits per heavy atom. The van der Waals surface area contributed by atoms with E-state index >= 15 is 0 Å². The number of hydrogen-bond acceptors (Lipinski definition) is 4. The van der Waals surface area contributed by atoms with E-state index in [2.05, 4.69) is 4.98 Å². The predicted molar refractivity (Wildman–Crippen MR) is 71.8 cm³/mol. The van der Waals surface area contributed by atoms with Crippen molar-refractivity contribution in [3.05, 3.63) is 18.2 Å². The van der Waals surface area contributed by atoms with Gasteiger partial charge in [0.15, 0.2) is 0 Å². The number of benzene rings is 1. The molecule has 0 fully saturated rings. The van der Waals surface area contributed by atoms with Gasteiger partial charge in [-0.1, -0.05) is 0 Å². The summed E-state index contributed by atoms with van der Waals surface area (Å²) in [6, 6.07) is 5.80. The summed E-state index contributed by atoms with van der Waals surface area (Å²) in [5.41, 5.74) is 7.83. The number of aromatic nitrogens is 2. The lowest BCUT2D eigenvalue weighted by molar-refractivity contribution is 0.142. The Morgan fingerprint density at radius 1 is 1.39 bits per heavy atom. The van der Waals surface area contributed by atoms with Gasteiger partial charge in [-0.2, -0.15) is 0 Å². The highest BCUT2D eigenvalue weighted by molar-refractivity contribution is 5.79. The van der Waals surface area contributed by atoms with Crippen LogP contribution in [0.1, 0.15) is 13.3 Å². The van der Waals surface area contributed by atoms with Gasteiger partial charge < -0.3 is 19.8 Å². The number of fused-ring (bicyclic) bond motifs is 1. The molecule has 0 radical (unpaired) electrons. The first kappa shape index (κ1) is 12.7. The molecule has 0 aliphatic rings. The van der Waals surface area contributed by atoms with Crippen LogP contribution < -0.4 is 10.5 Å². The summed E-state index contributed by atoms with van der Waals surface area (Å²) in [6.45, 7) is 4.30. The summed E-state index contributed by atoms with van der Waals surface area (Å²) in [6.07, 6.45) is 0.926. The average Bonchev–Trinajstić information content (AvgIpc) is 2.69. The second-order valence-electron chi connectivity index (χ2n) is 4.03. The zero-order chi connectivity index (χ0) is 13.0. The standard InChI is InChI=1S/C13H19N3O2/c1-3-18-8-4-7-16-12-6-5-10(17-2)9-11(12)15-13(16)14/h5-6,9H,3-4,7-8H2,1-2H3,(H2,14,15). The van der Waals surface area contributed by atoms with E-state index in [-0.39, 0.29) is 0 Å². The van der Waals surface area contributed by atoms with E-state index in [0.717, 1.165) is 43.0 Å². The Labute approximate surface area is 107 Å². The SMILES string of the molecule is CCOCCCn1c(N)nc2cc(OC)ccc21. The number of nitrogens with zero attached hydrogens (tertiary/aromatic N) is 2. The van der Waals surface area contributed by atoms with Gasteiger partial charge in [0.1, 0.15) is 5.75 Å². The van der Waals surface area contributed by atoms with Crippen molar-refractivity contribution < 1.29 is 9.47 Å². The Kier molecular flexibility index (Phi) is 4.04. The lowest BCUT2D eigenvalue weighted by atomic mass is 10.3. The average molecular weight is 249 g/mol. The van der Waals surface area contributed by atoms with Gasteiger partial charge in [-0.3, -0.25) is 0 Å². The molecule has 1 aromatic heterocycles. The normalized spacial score (nSPS) is 11.0. The van der Waals surface area contributed by atoms with Gasteiger partial charge in [-0.15, -0.1) is 0 Å². The Balaban J connectivity index is 2.19. The van der Waals surface area contributed by atoms with Crippen molar-refractivity contribution in [1.29, 1.82) is 0 Å². The predicted octanol–water partition coefficient (Wildman–Crippen LogP) is 2.05. The zero-order valence-corrected chi connectivity index (χ0v) is 10.8. The van der Waals surface area contributed by atoms with Crippen LogP contribution in [-0.2, 0) is 11.3 Å². The smallest absolute Gasteiger partial charge is 0.201 e. The molecule has 18 heavy (non-hydrogen) atoms. The molecule has 1 aromatic carbocycles. The molecule has 0 saturated heterocycles. The third kappa shape index (κ3) is 2.56. The van der Waals surface area contributed by atoms with Crippen molar-refractivity contribution in [2.24, 2.45) is 0 Å². The largest absolute Gasteiger partial charge is 0.497 e. The molecule has 0 aliphatic carbocycles. The van der Waals surface area contributed by atoms with Gasteiger partial charge in [0.2, 0.25) is 5.95 Å². The summed E-state index contributed by atoms with van der Waals surface area (Å²) >= 11 is 0. The quantitative estimate of drug-likeness (QED) is 0.796. The minimum absolute atomic E-state index is 0.537. The van der Waals surface area contributed by atoms with E-state index in [1.807, 2.05) is 29.7 Å². The van der Waals surface area contributed by atoms with Gasteiger partial charge in [0.05, 0.1) is 18.1 Å². The number of methoxy groups -OCH3 is 1. The second-order valence-corrected chi connectivity index (χ2v) is 4.03. The van der Waals surface area contributed by atoms with Crippen molar-refractivity contribution >= 4 is 17.0 Å². The van der Waals surface area contributed by atoms with Gasteiger partial charge in [0, 0.05) is 25.8 Å². The minimum atomic E-state index is 0.537. The number of nitrogen functional groups attached to an aromatic ring is 1. The molecule has 0 saturated carbocycles. The van der Waals surface area contributed by atoms with E-state index in [1.54, 1.807) is 7.11 Å². The molecule has 0 aliphatic heterocycles. The highest BCUT2D eigenvalue weighted by Gasteiger charge is 2.08. The molecule has 5 nitrogen and oxygen atoms in total. The molecular weight excluding hydrogens is 230 g/mol. The van der Waals surface area contributed by atoms with Crippen LogP contribution in [0.5, 0.6) is 5.75 Å². The van der Waals surface area contributed by atoms with Crippen LogP contribution in [0.25, 0.3) is 11.0 Å². The second kappa shape index (κ2) is 5.73. The molecule has 0 spiro atoms. The van der Waals surface area contributed by atoms with Crippen LogP contribution in [0, 0.1) is 0 Å². The number of nitrogens with two attached hydrogens (primary N) is 1. The van der Waals surface area contributed by atoms with E-state index in [4.69, 9.17) is 15.2 Å². The van der Waals surface area contributed by atoms with E-state index in [1.165, 1.54) is 0 Å². The fourth-order valence-electron chi connectivity index (χ4n) is 1.96. The highest BCUT2D eigenvalue weighted by Crippen LogP contribution is 2.22. The van der Waals surface area contributed by atoms with Gasteiger partial charge in [-0.25, -0.2) is 4.98 Å². The van der Waals surface area contributed by atoms with Crippen LogP contribution in [0.15, 0.2) is 18.2 Å². The molecule has 1 heterocycles. The van der Waals surface area contributed by atoms with Gasteiger partial charge in [-0.05, 0) is 25.5 Å². The first-order valence-electron chi connectivity index (χ1n) is 6.13. The first-order chi connectivity index (χ1) is 8.76. The van der Waals surface area contributed by atoms with Crippen LogP contribution >= 0.6 is 0 Å². The molecule has 2 rings (SSSR count). The van der Waals surface area contributed by atoms with E-state index in [9.17, 15) is 0 Å². The molecule has 5 heteroatoms. The molecule has 0 amide bonds. The number of aryl methyl sites for hydroxylation is 1. The maximum Gasteiger partial charge on any atom is 0.201 e. The maximum atomic E-state index is 5.93. The minimum Gasteiger partial charge on any atom is -0.497 e. The highest BCUT2D eigenvalue weighted by atomic mass is 16.5. The number of imidazole rings is 1. The summed E-state index contributed by atoms with van der Waals surface area (Å²) < 4.78 is 12.5.